The van der Waals surface area contributed by atoms with E-state index < -0.39 is 0 Å². The van der Waals surface area contributed by atoms with Crippen LogP contribution in [0.1, 0.15) is 25.7 Å². The number of allylic oxidation sites excluding steroid dienone is 3. The van der Waals surface area contributed by atoms with Gasteiger partial charge in [-0.2, -0.15) is 0 Å². The Morgan fingerprint density at radius 1 is 0.923 bits per heavy atom. The van der Waals surface area contributed by atoms with E-state index in [9.17, 15) is 13.6 Å². The summed E-state index contributed by atoms with van der Waals surface area (Å²) < 4.78 is 45.6. The van der Waals surface area contributed by atoms with Gasteiger partial charge in [0.1, 0.15) is 35.8 Å². The molecule has 0 saturated carbocycles. The van der Waals surface area contributed by atoms with E-state index in [0.717, 1.165) is 56.1 Å². The second-order valence-electron chi connectivity index (χ2n) is 9.87. The summed E-state index contributed by atoms with van der Waals surface area (Å²) in [5, 5.41) is 4.54. The molecule has 1 fully saturated rings. The van der Waals surface area contributed by atoms with Gasteiger partial charge in [-0.05, 0) is 61.4 Å². The van der Waals surface area contributed by atoms with Crippen LogP contribution < -0.4 is 0 Å². The van der Waals surface area contributed by atoms with Crippen molar-refractivity contribution in [3.63, 3.8) is 0 Å². The fraction of sp³-hybridized carbons (Fsp3) is 0.345. The number of hydrogen-bond acceptors (Lipinski definition) is 7. The lowest BCUT2D eigenvalue weighted by atomic mass is 10.1. The van der Waals surface area contributed by atoms with Gasteiger partial charge in [-0.25, -0.2) is 18.4 Å². The zero-order valence-electron chi connectivity index (χ0n) is 21.3. The first-order valence-electron chi connectivity index (χ1n) is 13.1. The zero-order chi connectivity index (χ0) is 26.8. The molecule has 202 valence electrons. The van der Waals surface area contributed by atoms with Crippen LogP contribution in [-0.2, 0) is 25.5 Å². The Bertz CT molecular complexity index is 1410. The highest BCUT2D eigenvalue weighted by Crippen LogP contribution is 2.32. The summed E-state index contributed by atoms with van der Waals surface area (Å²) in [6, 6.07) is 11.7. The van der Waals surface area contributed by atoms with Gasteiger partial charge < -0.3 is 14.2 Å². The van der Waals surface area contributed by atoms with Crippen LogP contribution in [0.2, 0.25) is 0 Å². The van der Waals surface area contributed by atoms with Gasteiger partial charge in [0.2, 0.25) is 6.79 Å². The van der Waals surface area contributed by atoms with Crippen LogP contribution in [-0.4, -0.2) is 58.0 Å². The molecule has 0 N–H and O–H groups in total. The Balaban J connectivity index is 1.09. The molecular weight excluding hydrogens is 506 g/mol. The van der Waals surface area contributed by atoms with Crippen LogP contribution in [0.3, 0.4) is 0 Å². The minimum absolute atomic E-state index is 0.0128. The second kappa shape index (κ2) is 11.0. The Morgan fingerprint density at radius 3 is 2.33 bits per heavy atom. The molecular formula is C29H28F2N4O4. The Kier molecular flexibility index (Phi) is 7.10. The average molecular weight is 535 g/mol. The first-order valence-corrected chi connectivity index (χ1v) is 13.1. The number of hydrogen-bond donors (Lipinski definition) is 0. The van der Waals surface area contributed by atoms with Crippen LogP contribution in [0.15, 0.2) is 71.9 Å². The van der Waals surface area contributed by atoms with Crippen molar-refractivity contribution in [2.45, 2.75) is 38.3 Å². The second-order valence-corrected chi connectivity index (χ2v) is 9.87. The van der Waals surface area contributed by atoms with Gasteiger partial charge in [0.05, 0.1) is 6.54 Å². The predicted molar refractivity (Wildman–Crippen MR) is 138 cm³/mol. The smallest absolute Gasteiger partial charge is 0.230 e. The summed E-state index contributed by atoms with van der Waals surface area (Å²) in [7, 11) is 0. The van der Waals surface area contributed by atoms with E-state index in [2.05, 4.69) is 15.0 Å². The van der Waals surface area contributed by atoms with Gasteiger partial charge >= 0.3 is 0 Å². The maximum Gasteiger partial charge on any atom is 0.230 e. The third-order valence-corrected chi connectivity index (χ3v) is 7.07. The number of likely N-dealkylation sites (tertiary alicyclic amines) is 1. The summed E-state index contributed by atoms with van der Waals surface area (Å²) in [4.78, 5) is 19.8. The molecule has 2 aliphatic heterocycles. The van der Waals surface area contributed by atoms with Gasteiger partial charge in [0.25, 0.3) is 0 Å². The number of aromatic nitrogens is 3. The number of piperidine rings is 1. The monoisotopic (exact) mass is 534 g/mol. The van der Waals surface area contributed by atoms with E-state index in [1.807, 2.05) is 6.08 Å². The van der Waals surface area contributed by atoms with E-state index in [-0.39, 0.29) is 43.4 Å². The molecule has 10 heteroatoms. The minimum Gasteiger partial charge on any atom is -0.495 e. The fourth-order valence-corrected chi connectivity index (χ4v) is 5.03. The van der Waals surface area contributed by atoms with Crippen molar-refractivity contribution in [1.29, 1.82) is 0 Å². The van der Waals surface area contributed by atoms with Gasteiger partial charge in [-0.15, -0.1) is 5.10 Å². The van der Waals surface area contributed by atoms with Gasteiger partial charge in [-0.1, -0.05) is 0 Å². The molecule has 0 unspecified atom stereocenters. The summed E-state index contributed by atoms with van der Waals surface area (Å²) in [6.45, 7) is 2.07. The molecule has 0 atom stereocenters. The normalized spacial score (nSPS) is 17.8. The van der Waals surface area contributed by atoms with Crippen LogP contribution in [0.25, 0.3) is 22.8 Å². The SMILES string of the molecule is O=C(CN1CCC(OC2=CC3=C(CC2)OCO3)CC1)Cn1nc(-c2ccc(F)cc2)nc1-c1ccc(F)cc1. The van der Waals surface area contributed by atoms with Crippen molar-refractivity contribution < 1.29 is 27.8 Å². The quantitative estimate of drug-likeness (QED) is 0.410. The number of nitrogens with zero attached hydrogens (tertiary/aromatic N) is 4. The lowest BCUT2D eigenvalue weighted by Crippen LogP contribution is -2.40. The number of benzene rings is 2. The van der Waals surface area contributed by atoms with Crippen LogP contribution in [0.4, 0.5) is 8.78 Å². The standard InChI is InChI=1S/C29H28F2N4O4/c30-21-5-1-19(2-6-21)28-32-29(20-3-7-22(31)8-4-20)35(33-28)17-23(36)16-34-13-11-24(12-14-34)39-25-9-10-26-27(15-25)38-18-37-26/h1-8,15,24H,9-14,16-18H2. The Hall–Kier alpha value is -4.05. The highest BCUT2D eigenvalue weighted by Gasteiger charge is 2.27. The van der Waals surface area contributed by atoms with E-state index in [1.165, 1.54) is 28.9 Å². The largest absolute Gasteiger partial charge is 0.495 e. The first-order chi connectivity index (χ1) is 19.0. The lowest BCUT2D eigenvalue weighted by Gasteiger charge is -2.32. The number of halogens is 2. The number of Topliss-reactive ketones (excluding diaryl/α,β-unsaturated/α-hetero) is 1. The lowest BCUT2D eigenvalue weighted by molar-refractivity contribution is -0.121. The highest BCUT2D eigenvalue weighted by molar-refractivity contribution is 5.81. The van der Waals surface area contributed by atoms with Gasteiger partial charge in [0.15, 0.2) is 23.2 Å². The maximum absolute atomic E-state index is 13.5. The summed E-state index contributed by atoms with van der Waals surface area (Å²) in [5.74, 6) is 2.67. The van der Waals surface area contributed by atoms with Gasteiger partial charge in [-0.3, -0.25) is 9.69 Å². The van der Waals surface area contributed by atoms with Crippen molar-refractivity contribution >= 4 is 5.78 Å². The van der Waals surface area contributed by atoms with E-state index in [1.54, 1.807) is 24.3 Å². The molecule has 0 amide bonds. The van der Waals surface area contributed by atoms with E-state index >= 15 is 0 Å². The number of rotatable bonds is 8. The Labute approximate surface area is 224 Å². The molecule has 3 heterocycles. The van der Waals surface area contributed by atoms with Crippen molar-refractivity contribution in [3.05, 3.63) is 83.5 Å². The molecule has 6 rings (SSSR count). The van der Waals surface area contributed by atoms with Gasteiger partial charge in [0, 0.05) is 43.1 Å². The summed E-state index contributed by atoms with van der Waals surface area (Å²) in [5.41, 5.74) is 1.26. The third kappa shape index (κ3) is 5.85. The molecule has 0 radical (unpaired) electrons. The first kappa shape index (κ1) is 25.2. The van der Waals surface area contributed by atoms with E-state index in [0.29, 0.717) is 22.8 Å². The number of ketones is 1. The maximum atomic E-state index is 13.5. The molecule has 3 aromatic rings. The summed E-state index contributed by atoms with van der Waals surface area (Å²) >= 11 is 0. The summed E-state index contributed by atoms with van der Waals surface area (Å²) in [6.07, 6.45) is 5.28. The topological polar surface area (TPSA) is 78.7 Å². The van der Waals surface area contributed by atoms with Crippen molar-refractivity contribution in [1.82, 2.24) is 19.7 Å². The molecule has 1 saturated heterocycles. The fourth-order valence-electron chi connectivity index (χ4n) is 5.03. The van der Waals surface area contributed by atoms with E-state index in [4.69, 9.17) is 14.2 Å². The van der Waals surface area contributed by atoms with Crippen LogP contribution >= 0.6 is 0 Å². The molecule has 3 aliphatic rings. The Morgan fingerprint density at radius 2 is 1.62 bits per heavy atom. The number of carbonyl (C=O) groups excluding carboxylic acids is 1. The van der Waals surface area contributed by atoms with Crippen LogP contribution in [0, 0.1) is 11.6 Å². The molecule has 8 nitrogen and oxygen atoms in total. The minimum atomic E-state index is -0.366. The molecule has 1 aliphatic carbocycles. The van der Waals surface area contributed by atoms with Crippen molar-refractivity contribution in [2.75, 3.05) is 26.4 Å². The van der Waals surface area contributed by atoms with Crippen molar-refractivity contribution in [2.24, 2.45) is 0 Å². The molecule has 1 aromatic heterocycles. The number of ether oxygens (including phenoxy) is 3. The molecule has 2 aromatic carbocycles. The predicted octanol–water partition coefficient (Wildman–Crippen LogP) is 4.83. The van der Waals surface area contributed by atoms with Crippen LogP contribution in [0.5, 0.6) is 0 Å². The molecule has 0 bridgehead atoms. The average Bonchev–Trinajstić information content (AvgIpc) is 3.58. The van der Waals surface area contributed by atoms with Crippen molar-refractivity contribution in [3.8, 4) is 22.8 Å². The highest BCUT2D eigenvalue weighted by atomic mass is 19.1. The third-order valence-electron chi connectivity index (χ3n) is 7.07. The molecule has 0 spiro atoms. The zero-order valence-corrected chi connectivity index (χ0v) is 21.3. The molecule has 39 heavy (non-hydrogen) atoms. The number of carbonyl (C=O) groups is 1.